The molecule has 9 heteroatoms. The van der Waals surface area contributed by atoms with Crippen LogP contribution in [0.25, 0.3) is 0 Å². The van der Waals surface area contributed by atoms with Gasteiger partial charge in [0.15, 0.2) is 0 Å². The Bertz CT molecular complexity index is 881. The minimum Gasteiger partial charge on any atom is -0.477 e. The second-order valence-corrected chi connectivity index (χ2v) is 7.35. The van der Waals surface area contributed by atoms with Gasteiger partial charge in [0.25, 0.3) is 5.91 Å². The minimum absolute atomic E-state index is 0.235. The molecule has 0 radical (unpaired) electrons. The standard InChI is InChI=1S/C19H20N6O2S/c26-18(23-19-24-22-13-28-19)15-4-5-16(21-11-15)25-9-6-14(7-10-25)12-27-17-3-1-2-8-20-17/h1-5,8,11,13-14H,6-7,9-10,12H2,(H,23,24,26). The van der Waals surface area contributed by atoms with Gasteiger partial charge in [0.2, 0.25) is 11.0 Å². The number of nitrogens with one attached hydrogen (secondary N) is 1. The number of hydrogen-bond donors (Lipinski definition) is 1. The lowest BCUT2D eigenvalue weighted by Gasteiger charge is -2.32. The van der Waals surface area contributed by atoms with E-state index < -0.39 is 0 Å². The number of anilines is 2. The van der Waals surface area contributed by atoms with Crippen LogP contribution in [0.3, 0.4) is 0 Å². The summed E-state index contributed by atoms with van der Waals surface area (Å²) in [6.45, 7) is 2.52. The number of pyridine rings is 2. The number of ether oxygens (including phenoxy) is 1. The second-order valence-electron chi connectivity index (χ2n) is 6.51. The zero-order chi connectivity index (χ0) is 19.2. The van der Waals surface area contributed by atoms with Gasteiger partial charge in [-0.1, -0.05) is 17.4 Å². The third-order valence-electron chi connectivity index (χ3n) is 4.63. The summed E-state index contributed by atoms with van der Waals surface area (Å²) in [5.74, 6) is 1.84. The number of piperidine rings is 1. The van der Waals surface area contributed by atoms with Gasteiger partial charge in [0.05, 0.1) is 12.2 Å². The highest BCUT2D eigenvalue weighted by molar-refractivity contribution is 7.13. The molecule has 0 atom stereocenters. The van der Waals surface area contributed by atoms with Crippen molar-refractivity contribution >= 4 is 28.2 Å². The molecule has 1 saturated heterocycles. The molecule has 0 bridgehead atoms. The summed E-state index contributed by atoms with van der Waals surface area (Å²) in [5.41, 5.74) is 2.07. The number of rotatable bonds is 6. The first kappa shape index (κ1) is 18.3. The lowest BCUT2D eigenvalue weighted by atomic mass is 9.98. The van der Waals surface area contributed by atoms with Crippen molar-refractivity contribution < 1.29 is 9.53 Å². The Hall–Kier alpha value is -3.07. The highest BCUT2D eigenvalue weighted by Crippen LogP contribution is 2.23. The molecular formula is C19H20N6O2S. The van der Waals surface area contributed by atoms with E-state index >= 15 is 0 Å². The molecule has 0 spiro atoms. The monoisotopic (exact) mass is 396 g/mol. The van der Waals surface area contributed by atoms with Gasteiger partial charge in [-0.25, -0.2) is 9.97 Å². The molecule has 4 rings (SSSR count). The fourth-order valence-corrected chi connectivity index (χ4v) is 3.51. The zero-order valence-corrected chi connectivity index (χ0v) is 16.0. The fourth-order valence-electron chi connectivity index (χ4n) is 3.07. The zero-order valence-electron chi connectivity index (χ0n) is 15.2. The maximum atomic E-state index is 12.2. The Morgan fingerprint density at radius 2 is 2.11 bits per heavy atom. The lowest BCUT2D eigenvalue weighted by Crippen LogP contribution is -2.36. The van der Waals surface area contributed by atoms with E-state index in [0.717, 1.165) is 31.7 Å². The number of amides is 1. The van der Waals surface area contributed by atoms with Gasteiger partial charge in [-0.15, -0.1) is 10.2 Å². The molecule has 0 aliphatic carbocycles. The SMILES string of the molecule is O=C(Nc1nncs1)c1ccc(N2CCC(COc3ccccn3)CC2)nc1. The van der Waals surface area contributed by atoms with Gasteiger partial charge in [-0.05, 0) is 37.0 Å². The molecule has 1 aliphatic rings. The van der Waals surface area contributed by atoms with E-state index in [9.17, 15) is 4.79 Å². The van der Waals surface area contributed by atoms with Crippen LogP contribution in [0.2, 0.25) is 0 Å². The molecule has 1 amide bonds. The van der Waals surface area contributed by atoms with Crippen LogP contribution in [-0.2, 0) is 0 Å². The fraction of sp³-hybridized carbons (Fsp3) is 0.316. The van der Waals surface area contributed by atoms with Crippen molar-refractivity contribution in [3.63, 3.8) is 0 Å². The van der Waals surface area contributed by atoms with Crippen molar-refractivity contribution in [1.82, 2.24) is 20.2 Å². The van der Waals surface area contributed by atoms with Crippen LogP contribution in [0.4, 0.5) is 10.9 Å². The number of nitrogens with zero attached hydrogens (tertiary/aromatic N) is 5. The van der Waals surface area contributed by atoms with Gasteiger partial charge >= 0.3 is 0 Å². The molecule has 0 aromatic carbocycles. The Balaban J connectivity index is 1.27. The molecule has 0 saturated carbocycles. The van der Waals surface area contributed by atoms with E-state index in [4.69, 9.17) is 4.74 Å². The molecular weight excluding hydrogens is 376 g/mol. The Morgan fingerprint density at radius 3 is 2.79 bits per heavy atom. The minimum atomic E-state index is -0.235. The third-order valence-corrected chi connectivity index (χ3v) is 5.24. The Kier molecular flexibility index (Phi) is 5.72. The molecule has 4 heterocycles. The predicted octanol–water partition coefficient (Wildman–Crippen LogP) is 2.88. The van der Waals surface area contributed by atoms with Crippen LogP contribution in [0.1, 0.15) is 23.2 Å². The largest absolute Gasteiger partial charge is 0.477 e. The van der Waals surface area contributed by atoms with Crippen LogP contribution < -0.4 is 15.0 Å². The first-order chi connectivity index (χ1) is 13.8. The molecule has 1 aliphatic heterocycles. The highest BCUT2D eigenvalue weighted by Gasteiger charge is 2.21. The van der Waals surface area contributed by atoms with Crippen molar-refractivity contribution in [3.8, 4) is 5.88 Å². The highest BCUT2D eigenvalue weighted by atomic mass is 32.1. The van der Waals surface area contributed by atoms with Crippen molar-refractivity contribution in [2.45, 2.75) is 12.8 Å². The molecule has 3 aromatic heterocycles. The molecule has 28 heavy (non-hydrogen) atoms. The maximum absolute atomic E-state index is 12.2. The van der Waals surface area contributed by atoms with Gasteiger partial charge in [-0.2, -0.15) is 0 Å². The van der Waals surface area contributed by atoms with Gasteiger partial charge in [0, 0.05) is 31.5 Å². The Morgan fingerprint density at radius 1 is 1.21 bits per heavy atom. The van der Waals surface area contributed by atoms with E-state index in [1.807, 2.05) is 24.3 Å². The van der Waals surface area contributed by atoms with Crippen LogP contribution in [0.15, 0.2) is 48.2 Å². The second kappa shape index (κ2) is 8.75. The normalized spacial score (nSPS) is 14.6. The molecule has 144 valence electrons. The predicted molar refractivity (Wildman–Crippen MR) is 107 cm³/mol. The molecule has 3 aromatic rings. The number of carbonyl (C=O) groups is 1. The molecule has 8 nitrogen and oxygen atoms in total. The third kappa shape index (κ3) is 4.61. The van der Waals surface area contributed by atoms with Crippen molar-refractivity contribution in [3.05, 3.63) is 53.8 Å². The summed E-state index contributed by atoms with van der Waals surface area (Å²) in [4.78, 5) is 23.1. The molecule has 1 N–H and O–H groups in total. The maximum Gasteiger partial charge on any atom is 0.259 e. The summed E-state index contributed by atoms with van der Waals surface area (Å²) in [5, 5.41) is 10.7. The van der Waals surface area contributed by atoms with E-state index in [-0.39, 0.29) is 5.91 Å². The van der Waals surface area contributed by atoms with E-state index in [1.54, 1.807) is 24.0 Å². The van der Waals surface area contributed by atoms with Gasteiger partial charge in [0.1, 0.15) is 11.3 Å². The van der Waals surface area contributed by atoms with Crippen molar-refractivity contribution in [2.75, 3.05) is 29.9 Å². The van der Waals surface area contributed by atoms with Crippen molar-refractivity contribution in [2.24, 2.45) is 5.92 Å². The Labute approximate surface area is 166 Å². The summed E-state index contributed by atoms with van der Waals surface area (Å²) in [6.07, 6.45) is 5.41. The summed E-state index contributed by atoms with van der Waals surface area (Å²) in [7, 11) is 0. The van der Waals surface area contributed by atoms with E-state index in [0.29, 0.717) is 29.1 Å². The van der Waals surface area contributed by atoms with E-state index in [1.165, 1.54) is 11.3 Å². The lowest BCUT2D eigenvalue weighted by molar-refractivity contribution is 0.102. The summed E-state index contributed by atoms with van der Waals surface area (Å²) < 4.78 is 5.77. The van der Waals surface area contributed by atoms with Gasteiger partial charge in [-0.3, -0.25) is 10.1 Å². The first-order valence-corrected chi connectivity index (χ1v) is 9.98. The average Bonchev–Trinajstić information content (AvgIpc) is 3.26. The number of hydrogen-bond acceptors (Lipinski definition) is 8. The summed E-state index contributed by atoms with van der Waals surface area (Å²) >= 11 is 1.28. The van der Waals surface area contributed by atoms with Crippen LogP contribution in [-0.4, -0.2) is 45.8 Å². The summed E-state index contributed by atoms with van der Waals surface area (Å²) in [6, 6.07) is 9.36. The first-order valence-electron chi connectivity index (χ1n) is 9.10. The number of aromatic nitrogens is 4. The van der Waals surface area contributed by atoms with E-state index in [2.05, 4.69) is 30.4 Å². The molecule has 1 fully saturated rings. The van der Waals surface area contributed by atoms with Crippen LogP contribution in [0.5, 0.6) is 5.88 Å². The van der Waals surface area contributed by atoms with Crippen LogP contribution in [0, 0.1) is 5.92 Å². The quantitative estimate of drug-likeness (QED) is 0.685. The smallest absolute Gasteiger partial charge is 0.259 e. The molecule has 0 unspecified atom stereocenters. The van der Waals surface area contributed by atoms with Gasteiger partial charge < -0.3 is 9.64 Å². The topological polar surface area (TPSA) is 93.1 Å². The average molecular weight is 396 g/mol. The van der Waals surface area contributed by atoms with Crippen LogP contribution >= 0.6 is 11.3 Å². The van der Waals surface area contributed by atoms with Crippen molar-refractivity contribution in [1.29, 1.82) is 0 Å². The number of carbonyl (C=O) groups excluding carboxylic acids is 1.